The molecule has 21 rings (SSSR count). The third-order valence-corrected chi connectivity index (χ3v) is 28.0. The third kappa shape index (κ3) is 23.5. The summed E-state index contributed by atoms with van der Waals surface area (Å²) in [5.41, 5.74) is 5.77. The third-order valence-electron chi connectivity index (χ3n) is 27.1. The zero-order valence-corrected chi connectivity index (χ0v) is 79.5. The molecule has 0 saturated carbocycles. The Bertz CT molecular complexity index is 6210. The highest BCUT2D eigenvalue weighted by atomic mass is 79.9. The first kappa shape index (κ1) is 96.1. The summed E-state index contributed by atoms with van der Waals surface area (Å²) in [5.74, 6) is 7.98. The lowest BCUT2D eigenvalue weighted by Gasteiger charge is -2.28. The van der Waals surface area contributed by atoms with E-state index in [1.54, 1.807) is 55.6 Å². The number of hydrogen-bond donors (Lipinski definition) is 9. The average Bonchev–Trinajstić information content (AvgIpc) is 0.822. The lowest BCUT2D eigenvalue weighted by molar-refractivity contribution is 0.251. The minimum Gasteiger partial charge on any atom is -0.506 e. The van der Waals surface area contributed by atoms with Gasteiger partial charge in [0, 0.05) is 45.9 Å². The molecule has 7 aliphatic heterocycles. The Morgan fingerprint density at radius 1 is 0.323 bits per heavy atom. The summed E-state index contributed by atoms with van der Waals surface area (Å²) in [6.45, 7) is 18.4. The number of phenolic OH excluding ortho intramolecular Hbond substituents is 1. The van der Waals surface area contributed by atoms with E-state index in [9.17, 15) is 43.1 Å². The van der Waals surface area contributed by atoms with Gasteiger partial charge in [-0.05, 0) is 338 Å². The molecule has 14 heterocycles. The summed E-state index contributed by atoms with van der Waals surface area (Å²) in [7, 11) is 14.3. The van der Waals surface area contributed by atoms with E-state index >= 15 is 0 Å². The average molecular weight is 1890 g/mol. The highest BCUT2D eigenvalue weighted by Crippen LogP contribution is 2.35. The predicted octanol–water partition coefficient (Wildman–Crippen LogP) is 13.7. The molecular weight excluding hydrogens is 1770 g/mol. The van der Waals surface area contributed by atoms with Gasteiger partial charge in [-0.15, -0.1) is 0 Å². The summed E-state index contributed by atoms with van der Waals surface area (Å²) in [6, 6.07) is 37.2. The largest absolute Gasteiger partial charge is 0.506 e. The number of aromatic amines is 7. The van der Waals surface area contributed by atoms with Crippen LogP contribution in [-0.4, -0.2) is 245 Å². The van der Waals surface area contributed by atoms with Crippen LogP contribution < -0.4 is 49.0 Å². The van der Waals surface area contributed by atoms with E-state index in [-0.39, 0.29) is 62.0 Å². The second kappa shape index (κ2) is 44.1. The Morgan fingerprint density at radius 2 is 0.571 bits per heavy atom. The summed E-state index contributed by atoms with van der Waals surface area (Å²) >= 11 is 9.61. The van der Waals surface area contributed by atoms with Gasteiger partial charge in [0.15, 0.2) is 0 Å². The van der Waals surface area contributed by atoms with Crippen molar-refractivity contribution in [1.82, 2.24) is 104 Å². The van der Waals surface area contributed by atoms with Gasteiger partial charge in [-0.1, -0.05) is 66.2 Å². The number of H-pyrrole nitrogens is 7. The molecule has 133 heavy (non-hydrogen) atoms. The monoisotopic (exact) mass is 1890 g/mol. The normalized spacial score (nSPS) is 17.8. The van der Waals surface area contributed by atoms with Crippen molar-refractivity contribution in [3.8, 4) is 11.5 Å². The minimum absolute atomic E-state index is 0.0115. The number of rotatable bonds is 8. The number of piperidine rings is 7. The van der Waals surface area contributed by atoms with Crippen LogP contribution in [-0.2, 0) is 0 Å². The van der Waals surface area contributed by atoms with Crippen LogP contribution in [0.3, 0.4) is 0 Å². The van der Waals surface area contributed by atoms with Crippen molar-refractivity contribution in [3.05, 3.63) is 267 Å². The van der Waals surface area contributed by atoms with Crippen molar-refractivity contribution in [2.75, 3.05) is 141 Å². The number of nitrogens with zero attached hydrogens (tertiary/aromatic N) is 13. The molecule has 0 radical (unpaired) electrons. The van der Waals surface area contributed by atoms with Gasteiger partial charge in [-0.3, -0.25) is 33.6 Å². The first-order chi connectivity index (χ1) is 64.2. The van der Waals surface area contributed by atoms with E-state index in [2.05, 4.69) is 158 Å². The second-order valence-electron chi connectivity index (χ2n) is 36.5. The number of benzene rings is 7. The molecule has 7 aromatic carbocycles. The molecular formula is C100H120BrClFN21O9. The topological polar surface area (TPSA) is 381 Å². The number of aromatic hydroxyl groups is 1. The first-order valence-electron chi connectivity index (χ1n) is 46.3. The summed E-state index contributed by atoms with van der Waals surface area (Å²) in [6.07, 6.45) is 14.3. The number of aryl methyl sites for hydroxylation is 2. The second-order valence-corrected chi connectivity index (χ2v) is 37.8. The van der Waals surface area contributed by atoms with Gasteiger partial charge >= 0.3 is 0 Å². The number of phenols is 1. The van der Waals surface area contributed by atoms with Crippen molar-refractivity contribution in [1.29, 1.82) is 0 Å². The molecule has 7 aliphatic rings. The number of aromatic nitrogens is 14. The van der Waals surface area contributed by atoms with Gasteiger partial charge in [0.1, 0.15) is 74.6 Å². The maximum atomic E-state index is 13.8. The number of nitrogens with one attached hydrogen (secondary N) is 8. The van der Waals surface area contributed by atoms with Gasteiger partial charge in [0.25, 0.3) is 38.9 Å². The summed E-state index contributed by atoms with van der Waals surface area (Å²) in [4.78, 5) is 151. The molecule has 33 heteroatoms. The molecule has 9 N–H and O–H groups in total. The van der Waals surface area contributed by atoms with Crippen LogP contribution in [0.5, 0.6) is 11.5 Å². The van der Waals surface area contributed by atoms with Crippen LogP contribution >= 0.6 is 27.5 Å². The van der Waals surface area contributed by atoms with Crippen molar-refractivity contribution in [3.63, 3.8) is 0 Å². The number of likely N-dealkylation sites (tertiary alicyclic amines) is 6. The van der Waals surface area contributed by atoms with E-state index < -0.39 is 5.82 Å². The molecule has 0 amide bonds. The number of para-hydroxylation sites is 7. The standard InChI is InChI=1S/C15H19N3O2.C15H19N3O.C14H16BrN3O.C14H16ClN3O.C14H16FN3O.C14H17N3O2.C14H17N3O/c1-18-8-6-10(7-9-18)14-16-13-11(15(19)17-14)4-3-5-12(13)20-2;1-10-4-3-5-12-13(10)16-14(17-15(12)19)11-6-8-18(2)9-7-11;3*1-18-7-5-9(6-8-18)13-16-12-10(14(19)17-13)3-2-4-11(12)15;1-17-7-5-9(6-8-17)13-15-12-10(14(19)16-13)3-2-4-11(12)18;1-9-3-2-4-11-12(9)16-13(17-14(11)18)10-5-7-15-8-6-10/h3-5,10H,6-9H2,1-2H3,(H,16,17,19);3-5,11H,6-9H2,1-2H3,(H,16,17,19);3*2-4,9H,5-8H2,1H3,(H,16,17,19);2-4,9,18H,5-8H2,1H3,(H,15,16,19);2-4,10,15H,5-8H2,1H3,(H,16,17,18). The Balaban J connectivity index is 0.000000118. The molecule has 7 aromatic heterocycles. The number of methoxy groups -OCH3 is 1. The van der Waals surface area contributed by atoms with Gasteiger partial charge in [0.05, 0.1) is 71.9 Å². The zero-order valence-electron chi connectivity index (χ0n) is 77.1. The fourth-order valence-corrected chi connectivity index (χ4v) is 19.4. The molecule has 0 atom stereocenters. The molecule has 0 spiro atoms. The Hall–Kier alpha value is -11.5. The summed E-state index contributed by atoms with van der Waals surface area (Å²) < 4.78 is 20.0. The highest BCUT2D eigenvalue weighted by molar-refractivity contribution is 9.10. The van der Waals surface area contributed by atoms with Crippen molar-refractivity contribution in [2.45, 2.75) is 145 Å². The molecule has 700 valence electrons. The maximum absolute atomic E-state index is 13.8. The van der Waals surface area contributed by atoms with Gasteiger partial charge in [-0.2, -0.15) is 0 Å². The molecule has 7 saturated heterocycles. The van der Waals surface area contributed by atoms with Crippen molar-refractivity contribution >= 4 is 104 Å². The molecule has 0 unspecified atom stereocenters. The van der Waals surface area contributed by atoms with Crippen LogP contribution in [0, 0.1) is 19.7 Å². The number of hydrogen-bond acceptors (Lipinski definition) is 23. The first-order valence-corrected chi connectivity index (χ1v) is 47.5. The smallest absolute Gasteiger partial charge is 0.258 e. The van der Waals surface area contributed by atoms with E-state index in [4.69, 9.17) is 21.3 Å². The van der Waals surface area contributed by atoms with Crippen LogP contribution in [0.25, 0.3) is 76.3 Å². The van der Waals surface area contributed by atoms with Crippen molar-refractivity contribution < 1.29 is 14.2 Å². The van der Waals surface area contributed by atoms with E-state index in [1.807, 2.05) is 80.6 Å². The van der Waals surface area contributed by atoms with E-state index in [0.29, 0.717) is 106 Å². The lowest BCUT2D eigenvalue weighted by Crippen LogP contribution is -2.30. The van der Waals surface area contributed by atoms with Gasteiger partial charge < -0.3 is 79.4 Å². The summed E-state index contributed by atoms with van der Waals surface area (Å²) in [5, 5.41) is 17.6. The van der Waals surface area contributed by atoms with Crippen molar-refractivity contribution in [2.24, 2.45) is 0 Å². The number of ether oxygens (including phenoxy) is 1. The van der Waals surface area contributed by atoms with E-state index in [0.717, 1.165) is 243 Å². The maximum Gasteiger partial charge on any atom is 0.258 e. The van der Waals surface area contributed by atoms with Crippen LogP contribution in [0.2, 0.25) is 5.02 Å². The Labute approximate surface area is 782 Å². The fraction of sp³-hybridized carbons (Fsp3) is 0.440. The Kier molecular flexibility index (Phi) is 31.9. The lowest BCUT2D eigenvalue weighted by atomic mass is 9.96. The highest BCUT2D eigenvalue weighted by Gasteiger charge is 2.29. The van der Waals surface area contributed by atoms with Gasteiger partial charge in [-0.25, -0.2) is 39.3 Å². The quantitative estimate of drug-likeness (QED) is 0.0682. The molecule has 0 bridgehead atoms. The Morgan fingerprint density at radius 3 is 0.932 bits per heavy atom. The van der Waals surface area contributed by atoms with Gasteiger partial charge in [0.2, 0.25) is 0 Å². The van der Waals surface area contributed by atoms with E-state index in [1.165, 1.54) is 12.1 Å². The zero-order chi connectivity index (χ0) is 93.7. The number of fused-ring (bicyclic) bond motifs is 7. The van der Waals surface area contributed by atoms with Crippen LogP contribution in [0.4, 0.5) is 4.39 Å². The molecule has 0 aliphatic carbocycles. The molecule has 14 aromatic rings. The fourth-order valence-electron chi connectivity index (χ4n) is 18.7. The van der Waals surface area contributed by atoms with Crippen LogP contribution in [0.15, 0.2) is 165 Å². The van der Waals surface area contributed by atoms with Crippen LogP contribution in [0.1, 0.15) is 183 Å². The number of halogens is 3. The predicted molar refractivity (Wildman–Crippen MR) is 529 cm³/mol. The molecule has 7 fully saturated rings. The minimum atomic E-state index is -0.433. The SMILES string of the molecule is CN1CCC(c2nc3c(Br)cccc3c(=O)[nH]2)CC1.CN1CCC(c2nc3c(Cl)cccc3c(=O)[nH]2)CC1.CN1CCC(c2nc3c(F)cccc3c(=O)[nH]2)CC1.CN1CCC(c2nc3c(O)cccc3c(=O)[nH]2)CC1.COc1cccc2c(=O)[nH]c(C3CCN(C)CC3)nc12.Cc1cccc2c(=O)[nH]c(C3CCN(C)CC3)nc12.Cc1cccc2c(=O)[nH]c(C3CCNCC3)nc12. The molecule has 30 nitrogen and oxygen atoms in total.